The topological polar surface area (TPSA) is 56.8 Å². The van der Waals surface area contributed by atoms with Gasteiger partial charge >= 0.3 is 0 Å². The van der Waals surface area contributed by atoms with E-state index in [1.165, 1.54) is 6.08 Å². The standard InChI is InChI=1S/C24H23NO4/c1-17-9-12-20(29-19-7-5-4-6-8-19)16-21(17)25-24(26)14-11-18-10-13-22(27-2)23(15-18)28-3/h4-16H,1-3H3,(H,25,26)/b14-11+. The molecule has 5 heteroatoms. The van der Waals surface area contributed by atoms with Crippen molar-refractivity contribution >= 4 is 17.7 Å². The molecule has 0 saturated carbocycles. The molecule has 0 aliphatic heterocycles. The maximum Gasteiger partial charge on any atom is 0.248 e. The molecule has 0 aliphatic rings. The largest absolute Gasteiger partial charge is 0.493 e. The van der Waals surface area contributed by atoms with Gasteiger partial charge in [-0.3, -0.25) is 4.79 Å². The number of carbonyl (C=O) groups excluding carboxylic acids is 1. The minimum Gasteiger partial charge on any atom is -0.493 e. The van der Waals surface area contributed by atoms with Crippen molar-refractivity contribution in [3.8, 4) is 23.0 Å². The monoisotopic (exact) mass is 389 g/mol. The lowest BCUT2D eigenvalue weighted by Gasteiger charge is -2.11. The molecule has 29 heavy (non-hydrogen) atoms. The van der Waals surface area contributed by atoms with Crippen LogP contribution in [-0.2, 0) is 4.79 Å². The van der Waals surface area contributed by atoms with Gasteiger partial charge in [0, 0.05) is 17.8 Å². The second-order valence-corrected chi connectivity index (χ2v) is 6.33. The molecule has 3 aromatic rings. The highest BCUT2D eigenvalue weighted by Crippen LogP contribution is 2.28. The van der Waals surface area contributed by atoms with Crippen LogP contribution in [0.5, 0.6) is 23.0 Å². The third-order valence-corrected chi connectivity index (χ3v) is 4.28. The van der Waals surface area contributed by atoms with Crippen LogP contribution in [0.1, 0.15) is 11.1 Å². The minimum atomic E-state index is -0.236. The number of benzene rings is 3. The van der Waals surface area contributed by atoms with Gasteiger partial charge in [-0.2, -0.15) is 0 Å². The van der Waals surface area contributed by atoms with Gasteiger partial charge < -0.3 is 19.5 Å². The normalized spacial score (nSPS) is 10.6. The van der Waals surface area contributed by atoms with E-state index < -0.39 is 0 Å². The Kier molecular flexibility index (Phi) is 6.53. The molecule has 0 aliphatic carbocycles. The Morgan fingerprint density at radius 3 is 2.34 bits per heavy atom. The molecule has 1 amide bonds. The van der Waals surface area contributed by atoms with E-state index in [1.54, 1.807) is 26.4 Å². The SMILES string of the molecule is COc1ccc(/C=C/C(=O)Nc2cc(Oc3ccccc3)ccc2C)cc1OC. The maximum absolute atomic E-state index is 12.4. The van der Waals surface area contributed by atoms with Gasteiger partial charge in [0.2, 0.25) is 5.91 Å². The number of amides is 1. The van der Waals surface area contributed by atoms with E-state index in [4.69, 9.17) is 14.2 Å². The molecule has 0 radical (unpaired) electrons. The molecule has 0 bridgehead atoms. The summed E-state index contributed by atoms with van der Waals surface area (Å²) in [5, 5.41) is 2.90. The summed E-state index contributed by atoms with van der Waals surface area (Å²) < 4.78 is 16.3. The fourth-order valence-corrected chi connectivity index (χ4v) is 2.73. The summed E-state index contributed by atoms with van der Waals surface area (Å²) in [4.78, 5) is 12.4. The van der Waals surface area contributed by atoms with Crippen molar-refractivity contribution in [1.82, 2.24) is 0 Å². The predicted molar refractivity (Wildman–Crippen MR) is 115 cm³/mol. The second-order valence-electron chi connectivity index (χ2n) is 6.33. The summed E-state index contributed by atoms with van der Waals surface area (Å²) in [6.07, 6.45) is 3.20. The Balaban J connectivity index is 1.70. The van der Waals surface area contributed by atoms with Crippen molar-refractivity contribution < 1.29 is 19.0 Å². The van der Waals surface area contributed by atoms with Crippen molar-refractivity contribution in [1.29, 1.82) is 0 Å². The molecular formula is C24H23NO4. The van der Waals surface area contributed by atoms with Gasteiger partial charge in [0.15, 0.2) is 11.5 Å². The van der Waals surface area contributed by atoms with Crippen molar-refractivity contribution in [3.05, 3.63) is 83.9 Å². The van der Waals surface area contributed by atoms with Crippen LogP contribution in [0.4, 0.5) is 5.69 Å². The molecule has 148 valence electrons. The summed E-state index contributed by atoms with van der Waals surface area (Å²) in [6, 6.07) is 20.6. The zero-order chi connectivity index (χ0) is 20.6. The van der Waals surface area contributed by atoms with Crippen molar-refractivity contribution in [3.63, 3.8) is 0 Å². The average molecular weight is 389 g/mol. The lowest BCUT2D eigenvalue weighted by molar-refractivity contribution is -0.111. The lowest BCUT2D eigenvalue weighted by Crippen LogP contribution is -2.09. The van der Waals surface area contributed by atoms with Crippen LogP contribution in [-0.4, -0.2) is 20.1 Å². The van der Waals surface area contributed by atoms with Gasteiger partial charge in [-0.15, -0.1) is 0 Å². The van der Waals surface area contributed by atoms with Gasteiger partial charge in [0.1, 0.15) is 11.5 Å². The van der Waals surface area contributed by atoms with Crippen molar-refractivity contribution in [2.45, 2.75) is 6.92 Å². The van der Waals surface area contributed by atoms with Crippen LogP contribution < -0.4 is 19.5 Å². The quantitative estimate of drug-likeness (QED) is 0.546. The highest BCUT2D eigenvalue weighted by atomic mass is 16.5. The zero-order valence-corrected chi connectivity index (χ0v) is 16.6. The Bertz CT molecular complexity index is 1010. The first-order chi connectivity index (χ1) is 14.1. The number of para-hydroxylation sites is 1. The van der Waals surface area contributed by atoms with E-state index in [0.29, 0.717) is 22.9 Å². The van der Waals surface area contributed by atoms with Gasteiger partial charge in [-0.1, -0.05) is 30.3 Å². The number of methoxy groups -OCH3 is 2. The fourth-order valence-electron chi connectivity index (χ4n) is 2.73. The fraction of sp³-hybridized carbons (Fsp3) is 0.125. The maximum atomic E-state index is 12.4. The van der Waals surface area contributed by atoms with Crippen molar-refractivity contribution in [2.75, 3.05) is 19.5 Å². The number of anilines is 1. The molecule has 0 atom stereocenters. The first-order valence-electron chi connectivity index (χ1n) is 9.13. The van der Waals surface area contributed by atoms with Gasteiger partial charge in [0.05, 0.1) is 14.2 Å². The number of carbonyl (C=O) groups is 1. The van der Waals surface area contributed by atoms with Crippen LogP contribution in [0, 0.1) is 6.92 Å². The van der Waals surface area contributed by atoms with E-state index in [-0.39, 0.29) is 5.91 Å². The Hall–Kier alpha value is -3.73. The van der Waals surface area contributed by atoms with Crippen LogP contribution in [0.2, 0.25) is 0 Å². The molecule has 0 aromatic heterocycles. The van der Waals surface area contributed by atoms with Gasteiger partial charge in [-0.25, -0.2) is 0 Å². The minimum absolute atomic E-state index is 0.236. The molecule has 0 heterocycles. The predicted octanol–water partition coefficient (Wildman–Crippen LogP) is 5.46. The number of hydrogen-bond donors (Lipinski definition) is 1. The Labute approximate surface area is 170 Å². The molecule has 0 saturated heterocycles. The van der Waals surface area contributed by atoms with Gasteiger partial charge in [0.25, 0.3) is 0 Å². The Morgan fingerprint density at radius 1 is 0.862 bits per heavy atom. The summed E-state index contributed by atoms with van der Waals surface area (Å²) >= 11 is 0. The summed E-state index contributed by atoms with van der Waals surface area (Å²) in [5.74, 6) is 2.40. The zero-order valence-electron chi connectivity index (χ0n) is 16.6. The van der Waals surface area contributed by atoms with E-state index in [1.807, 2.05) is 67.6 Å². The molecule has 3 rings (SSSR count). The van der Waals surface area contributed by atoms with E-state index in [9.17, 15) is 4.79 Å². The first kappa shape index (κ1) is 20.0. The second kappa shape index (κ2) is 9.46. The Morgan fingerprint density at radius 2 is 1.62 bits per heavy atom. The van der Waals surface area contributed by atoms with Crippen LogP contribution in [0.25, 0.3) is 6.08 Å². The molecule has 0 spiro atoms. The molecule has 1 N–H and O–H groups in total. The average Bonchev–Trinajstić information content (AvgIpc) is 2.75. The van der Waals surface area contributed by atoms with Crippen LogP contribution >= 0.6 is 0 Å². The summed E-state index contributed by atoms with van der Waals surface area (Å²) in [7, 11) is 3.16. The van der Waals surface area contributed by atoms with Crippen LogP contribution in [0.15, 0.2) is 72.8 Å². The molecule has 5 nitrogen and oxygen atoms in total. The summed E-state index contributed by atoms with van der Waals surface area (Å²) in [6.45, 7) is 1.93. The van der Waals surface area contributed by atoms with Crippen molar-refractivity contribution in [2.24, 2.45) is 0 Å². The smallest absolute Gasteiger partial charge is 0.248 e. The number of ether oxygens (including phenoxy) is 3. The first-order valence-corrected chi connectivity index (χ1v) is 9.13. The number of nitrogens with one attached hydrogen (secondary N) is 1. The number of rotatable bonds is 7. The lowest BCUT2D eigenvalue weighted by atomic mass is 10.1. The third-order valence-electron chi connectivity index (χ3n) is 4.28. The van der Waals surface area contributed by atoms with E-state index >= 15 is 0 Å². The summed E-state index contributed by atoms with van der Waals surface area (Å²) in [5.41, 5.74) is 2.47. The number of hydrogen-bond acceptors (Lipinski definition) is 4. The molecular weight excluding hydrogens is 366 g/mol. The molecule has 0 fully saturated rings. The van der Waals surface area contributed by atoms with E-state index in [2.05, 4.69) is 5.32 Å². The van der Waals surface area contributed by atoms with Gasteiger partial charge in [-0.05, 0) is 54.5 Å². The van der Waals surface area contributed by atoms with Crippen LogP contribution in [0.3, 0.4) is 0 Å². The number of aryl methyl sites for hydroxylation is 1. The highest BCUT2D eigenvalue weighted by Gasteiger charge is 2.06. The van der Waals surface area contributed by atoms with E-state index in [0.717, 1.165) is 16.9 Å². The molecule has 3 aromatic carbocycles. The molecule has 0 unspecified atom stereocenters. The third kappa shape index (κ3) is 5.39. The highest BCUT2D eigenvalue weighted by molar-refractivity contribution is 6.02.